The van der Waals surface area contributed by atoms with Gasteiger partial charge < -0.3 is 0 Å². The van der Waals surface area contributed by atoms with Crippen molar-refractivity contribution in [3.05, 3.63) is 152 Å². The van der Waals surface area contributed by atoms with Gasteiger partial charge in [0.05, 0.1) is 59.2 Å². The van der Waals surface area contributed by atoms with Crippen LogP contribution >= 0.6 is 0 Å². The summed E-state index contributed by atoms with van der Waals surface area (Å²) < 4.78 is 82.2. The third-order valence-electron chi connectivity index (χ3n) is 8.84. The summed E-state index contributed by atoms with van der Waals surface area (Å²) in [5, 5.41) is 20.0. The second-order valence-corrected chi connectivity index (χ2v) is 12.2. The standard InChI is InChI=1S/C40H18F6N6/c1-19-9-20(2)11-23(10-19)21-5-7-27-29(14-21)33(31(17-47)49-3)37-35(27)51-36-28-8-6-22(15-30(28)34(38(36)52-37)32(18-48)50-4)24-12-25(39(41,42)43)16-26(13-24)40(44,45)46/h5-16H,1-2H3/b33-31+,34-32-. The number of allylic oxidation sites excluding steroid dienone is 2. The van der Waals surface area contributed by atoms with Crippen molar-refractivity contribution in [2.24, 2.45) is 0 Å². The number of halogens is 6. The van der Waals surface area contributed by atoms with Crippen LogP contribution in [0.2, 0.25) is 0 Å². The van der Waals surface area contributed by atoms with E-state index in [4.69, 9.17) is 23.1 Å². The Labute approximate surface area is 292 Å². The van der Waals surface area contributed by atoms with Crippen molar-refractivity contribution in [2.75, 3.05) is 0 Å². The molecule has 1 aromatic heterocycles. The zero-order valence-corrected chi connectivity index (χ0v) is 26.9. The molecular weight excluding hydrogens is 678 g/mol. The van der Waals surface area contributed by atoms with Crippen molar-refractivity contribution in [1.82, 2.24) is 9.97 Å². The third-order valence-corrected chi connectivity index (χ3v) is 8.84. The van der Waals surface area contributed by atoms with Crippen LogP contribution in [0.1, 0.15) is 44.8 Å². The first-order valence-corrected chi connectivity index (χ1v) is 15.3. The molecule has 6 nitrogen and oxygen atoms in total. The molecule has 0 amide bonds. The van der Waals surface area contributed by atoms with E-state index in [0.717, 1.165) is 22.3 Å². The van der Waals surface area contributed by atoms with Gasteiger partial charge in [0.15, 0.2) is 0 Å². The van der Waals surface area contributed by atoms with Gasteiger partial charge in [-0.25, -0.2) is 30.2 Å². The number of rotatable bonds is 2. The molecule has 12 heteroatoms. The Kier molecular flexibility index (Phi) is 7.60. The molecule has 7 rings (SSSR count). The van der Waals surface area contributed by atoms with Gasteiger partial charge in [-0.3, -0.25) is 0 Å². The molecule has 0 atom stereocenters. The molecule has 0 saturated heterocycles. The number of fused-ring (bicyclic) bond motifs is 6. The number of hydrogen-bond acceptors (Lipinski definition) is 4. The zero-order valence-electron chi connectivity index (χ0n) is 26.9. The van der Waals surface area contributed by atoms with Gasteiger partial charge in [0.2, 0.25) is 0 Å². The lowest BCUT2D eigenvalue weighted by Crippen LogP contribution is -2.11. The molecule has 0 unspecified atom stereocenters. The van der Waals surface area contributed by atoms with Crippen molar-refractivity contribution >= 4 is 11.1 Å². The predicted molar refractivity (Wildman–Crippen MR) is 180 cm³/mol. The highest BCUT2D eigenvalue weighted by Gasteiger charge is 2.39. The van der Waals surface area contributed by atoms with Crippen molar-refractivity contribution < 1.29 is 26.3 Å². The summed E-state index contributed by atoms with van der Waals surface area (Å²) in [4.78, 5) is 16.5. The molecule has 1 heterocycles. The number of hydrogen-bond donors (Lipinski definition) is 0. The van der Waals surface area contributed by atoms with E-state index in [-0.39, 0.29) is 56.7 Å². The Bertz CT molecular complexity index is 2590. The van der Waals surface area contributed by atoms with Crippen LogP contribution in [-0.4, -0.2) is 9.97 Å². The third kappa shape index (κ3) is 5.35. The summed E-state index contributed by atoms with van der Waals surface area (Å²) in [7, 11) is 0. The molecule has 0 radical (unpaired) electrons. The van der Waals surface area contributed by atoms with Crippen LogP contribution in [0.15, 0.2) is 84.2 Å². The zero-order chi connectivity index (χ0) is 37.3. The summed E-state index contributed by atoms with van der Waals surface area (Å²) in [6.45, 7) is 19.5. The van der Waals surface area contributed by atoms with Crippen molar-refractivity contribution in [1.29, 1.82) is 10.5 Å². The SMILES string of the molecule is [C-]#[N+]/C(C#N)=C1/c2cc(-c3cc(C(F)(F)F)cc(C(F)(F)F)c3)ccc2-c2nc3c(nc21)/C(=C(\C#N)[N+]#[C-])c1cc(-c2cc(C)cc(C)c2)ccc1-3. The highest BCUT2D eigenvalue weighted by atomic mass is 19.4. The van der Waals surface area contributed by atoms with Gasteiger partial charge >= 0.3 is 12.4 Å². The van der Waals surface area contributed by atoms with Crippen molar-refractivity contribution in [2.45, 2.75) is 26.2 Å². The minimum atomic E-state index is -5.07. The fourth-order valence-electron chi connectivity index (χ4n) is 6.70. The number of benzene rings is 4. The first-order valence-electron chi connectivity index (χ1n) is 15.3. The van der Waals surface area contributed by atoms with Crippen LogP contribution in [0.3, 0.4) is 0 Å². The Morgan fingerprint density at radius 1 is 0.538 bits per heavy atom. The maximum absolute atomic E-state index is 13.7. The summed E-state index contributed by atoms with van der Waals surface area (Å²) >= 11 is 0. The molecule has 0 saturated carbocycles. The second kappa shape index (κ2) is 11.8. The first kappa shape index (κ1) is 33.5. The van der Waals surface area contributed by atoms with Gasteiger partial charge in [-0.15, -0.1) is 0 Å². The maximum atomic E-state index is 13.7. The smallest absolute Gasteiger partial charge is 0.246 e. The molecule has 52 heavy (non-hydrogen) atoms. The van der Waals surface area contributed by atoms with Crippen LogP contribution in [-0.2, 0) is 12.4 Å². The van der Waals surface area contributed by atoms with Gasteiger partial charge in [-0.2, -0.15) is 26.3 Å². The quantitative estimate of drug-likeness (QED) is 0.102. The van der Waals surface area contributed by atoms with Crippen molar-refractivity contribution in [3.63, 3.8) is 0 Å². The minimum Gasteiger partial charge on any atom is -0.246 e. The average molecular weight is 697 g/mol. The highest BCUT2D eigenvalue weighted by Crippen LogP contribution is 2.52. The van der Waals surface area contributed by atoms with E-state index >= 15 is 0 Å². The molecule has 2 aliphatic carbocycles. The van der Waals surface area contributed by atoms with Gasteiger partial charge in [0, 0.05) is 22.3 Å². The van der Waals surface area contributed by atoms with E-state index in [2.05, 4.69) is 9.69 Å². The van der Waals surface area contributed by atoms with E-state index in [1.54, 1.807) is 6.07 Å². The Hall–Kier alpha value is -7.02. The van der Waals surface area contributed by atoms with Crippen LogP contribution in [0.5, 0.6) is 0 Å². The van der Waals surface area contributed by atoms with Crippen LogP contribution in [0.25, 0.3) is 65.6 Å². The Balaban J connectivity index is 1.47. The molecule has 0 fully saturated rings. The maximum Gasteiger partial charge on any atom is 0.416 e. The average Bonchev–Trinajstić information content (AvgIpc) is 3.58. The summed E-state index contributed by atoms with van der Waals surface area (Å²) in [6, 6.07) is 20.6. The molecule has 0 aliphatic heterocycles. The lowest BCUT2D eigenvalue weighted by molar-refractivity contribution is -0.143. The molecule has 4 aromatic carbocycles. The summed E-state index contributed by atoms with van der Waals surface area (Å²) in [5.74, 6) is 0. The molecule has 0 bridgehead atoms. The Morgan fingerprint density at radius 2 is 0.942 bits per heavy atom. The lowest BCUT2D eigenvalue weighted by atomic mass is 9.95. The largest absolute Gasteiger partial charge is 0.416 e. The molecule has 5 aromatic rings. The van der Waals surface area contributed by atoms with E-state index in [1.165, 1.54) is 18.2 Å². The molecule has 0 spiro atoms. The molecule has 250 valence electrons. The van der Waals surface area contributed by atoms with Crippen molar-refractivity contribution in [3.8, 4) is 56.9 Å². The number of aromatic nitrogens is 2. The fraction of sp³-hybridized carbons (Fsp3) is 0.100. The fourth-order valence-corrected chi connectivity index (χ4v) is 6.70. The first-order chi connectivity index (χ1) is 24.7. The van der Waals surface area contributed by atoms with E-state index < -0.39 is 29.2 Å². The molecule has 2 aliphatic rings. The van der Waals surface area contributed by atoms with E-state index in [0.29, 0.717) is 34.5 Å². The molecular formula is C40H18F6N6. The minimum absolute atomic E-state index is 0.0322. The van der Waals surface area contributed by atoms with Gasteiger partial charge in [-0.05, 0) is 77.6 Å². The van der Waals surface area contributed by atoms with E-state index in [9.17, 15) is 36.9 Å². The Morgan fingerprint density at radius 3 is 1.33 bits per heavy atom. The van der Waals surface area contributed by atoms with Gasteiger partial charge in [0.1, 0.15) is 0 Å². The van der Waals surface area contributed by atoms with Gasteiger partial charge in [-0.1, -0.05) is 53.6 Å². The highest BCUT2D eigenvalue weighted by molar-refractivity contribution is 6.07. The monoisotopic (exact) mass is 696 g/mol. The van der Waals surface area contributed by atoms with E-state index in [1.807, 2.05) is 56.3 Å². The lowest BCUT2D eigenvalue weighted by Gasteiger charge is -2.15. The topological polar surface area (TPSA) is 82.1 Å². The van der Waals surface area contributed by atoms with Crippen LogP contribution < -0.4 is 0 Å². The summed E-state index contributed by atoms with van der Waals surface area (Å²) in [5.41, 5.74) is 2.11. The van der Waals surface area contributed by atoms with Crippen LogP contribution in [0, 0.1) is 49.7 Å². The second-order valence-electron chi connectivity index (χ2n) is 12.2. The number of aryl methyl sites for hydroxylation is 2. The number of nitrogens with zero attached hydrogens (tertiary/aromatic N) is 6. The molecule has 0 N–H and O–H groups in total. The van der Waals surface area contributed by atoms with Gasteiger partial charge in [0.25, 0.3) is 11.4 Å². The predicted octanol–water partition coefficient (Wildman–Crippen LogP) is 10.8. The normalized spacial score (nSPS) is 14.5. The number of nitriles is 2. The summed E-state index contributed by atoms with van der Waals surface area (Å²) in [6.07, 6.45) is -10.1. The number of alkyl halides is 6. The van der Waals surface area contributed by atoms with Crippen LogP contribution in [0.4, 0.5) is 26.3 Å².